The summed E-state index contributed by atoms with van der Waals surface area (Å²) in [5.41, 5.74) is 0. The van der Waals surface area contributed by atoms with Crippen LogP contribution in [-0.4, -0.2) is 51.1 Å². The van der Waals surface area contributed by atoms with E-state index in [1.807, 2.05) is 0 Å². The Morgan fingerprint density at radius 3 is 2.58 bits per heavy atom. The number of rotatable bonds is 6. The van der Waals surface area contributed by atoms with E-state index in [2.05, 4.69) is 10.6 Å². The maximum atomic E-state index is 13.6. The summed E-state index contributed by atoms with van der Waals surface area (Å²) in [5.74, 6) is -0.906. The molecule has 8 heteroatoms. The SMILES string of the molecule is CC(CNC(=O)C1(S(C)(=O)=O)CCNCC1)Oc1ccccc1F. The Balaban J connectivity index is 1.99. The lowest BCUT2D eigenvalue weighted by molar-refractivity contribution is -0.124. The van der Waals surface area contributed by atoms with Crippen LogP contribution in [0.4, 0.5) is 4.39 Å². The smallest absolute Gasteiger partial charge is 0.241 e. The van der Waals surface area contributed by atoms with E-state index >= 15 is 0 Å². The third-order valence-electron chi connectivity index (χ3n) is 4.25. The lowest BCUT2D eigenvalue weighted by Gasteiger charge is -2.34. The van der Waals surface area contributed by atoms with Crippen molar-refractivity contribution >= 4 is 15.7 Å². The molecule has 1 aromatic rings. The minimum Gasteiger partial charge on any atom is -0.486 e. The van der Waals surface area contributed by atoms with E-state index in [1.54, 1.807) is 19.1 Å². The maximum Gasteiger partial charge on any atom is 0.241 e. The fourth-order valence-electron chi connectivity index (χ4n) is 2.79. The first-order valence-electron chi connectivity index (χ1n) is 7.86. The molecule has 1 atom stereocenters. The molecule has 24 heavy (non-hydrogen) atoms. The summed E-state index contributed by atoms with van der Waals surface area (Å²) in [7, 11) is -3.55. The Labute approximate surface area is 141 Å². The summed E-state index contributed by atoms with van der Waals surface area (Å²) in [6.07, 6.45) is 1.07. The molecule has 1 fully saturated rings. The number of benzene rings is 1. The fraction of sp³-hybridized carbons (Fsp3) is 0.562. The molecule has 1 aromatic carbocycles. The van der Waals surface area contributed by atoms with Crippen LogP contribution in [0.25, 0.3) is 0 Å². The molecule has 6 nitrogen and oxygen atoms in total. The summed E-state index contributed by atoms with van der Waals surface area (Å²) in [4.78, 5) is 12.5. The van der Waals surface area contributed by atoms with Crippen molar-refractivity contribution in [2.24, 2.45) is 0 Å². The van der Waals surface area contributed by atoms with Gasteiger partial charge < -0.3 is 15.4 Å². The van der Waals surface area contributed by atoms with E-state index in [0.29, 0.717) is 13.1 Å². The highest BCUT2D eigenvalue weighted by molar-refractivity contribution is 7.92. The zero-order valence-corrected chi connectivity index (χ0v) is 14.7. The number of hydrogen-bond donors (Lipinski definition) is 2. The van der Waals surface area contributed by atoms with Gasteiger partial charge in [-0.25, -0.2) is 12.8 Å². The Kier molecular flexibility index (Phi) is 5.82. The predicted molar refractivity (Wildman–Crippen MR) is 89.2 cm³/mol. The second-order valence-electron chi connectivity index (χ2n) is 6.09. The molecule has 0 saturated carbocycles. The van der Waals surface area contributed by atoms with E-state index in [-0.39, 0.29) is 25.1 Å². The summed E-state index contributed by atoms with van der Waals surface area (Å²) in [5, 5.41) is 5.71. The first-order valence-corrected chi connectivity index (χ1v) is 9.75. The number of sulfone groups is 1. The zero-order chi connectivity index (χ0) is 17.8. The summed E-state index contributed by atoms with van der Waals surface area (Å²) < 4.78 is 41.9. The van der Waals surface area contributed by atoms with E-state index in [0.717, 1.165) is 6.26 Å². The highest BCUT2D eigenvalue weighted by atomic mass is 32.2. The molecule has 1 aliphatic heterocycles. The Morgan fingerprint density at radius 2 is 2.00 bits per heavy atom. The predicted octanol–water partition coefficient (Wildman–Crippen LogP) is 0.876. The van der Waals surface area contributed by atoms with Crippen molar-refractivity contribution in [1.29, 1.82) is 0 Å². The van der Waals surface area contributed by atoms with Crippen molar-refractivity contribution in [1.82, 2.24) is 10.6 Å². The number of hydrogen-bond acceptors (Lipinski definition) is 5. The number of piperidine rings is 1. The van der Waals surface area contributed by atoms with Crippen molar-refractivity contribution in [2.45, 2.75) is 30.6 Å². The number of para-hydroxylation sites is 1. The van der Waals surface area contributed by atoms with E-state index < -0.39 is 32.4 Å². The van der Waals surface area contributed by atoms with Gasteiger partial charge in [0, 0.05) is 6.26 Å². The van der Waals surface area contributed by atoms with Crippen LogP contribution in [0.1, 0.15) is 19.8 Å². The summed E-state index contributed by atoms with van der Waals surface area (Å²) >= 11 is 0. The average molecular weight is 358 g/mol. The van der Waals surface area contributed by atoms with Gasteiger partial charge in [0.2, 0.25) is 5.91 Å². The maximum absolute atomic E-state index is 13.6. The molecule has 1 unspecified atom stereocenters. The number of nitrogens with one attached hydrogen (secondary N) is 2. The van der Waals surface area contributed by atoms with E-state index in [9.17, 15) is 17.6 Å². The van der Waals surface area contributed by atoms with Crippen LogP contribution in [0, 0.1) is 5.82 Å². The highest BCUT2D eigenvalue weighted by Gasteiger charge is 2.48. The van der Waals surface area contributed by atoms with Crippen molar-refractivity contribution in [2.75, 3.05) is 25.9 Å². The van der Waals surface area contributed by atoms with Gasteiger partial charge in [-0.2, -0.15) is 0 Å². The summed E-state index contributed by atoms with van der Waals surface area (Å²) in [6.45, 7) is 2.73. The number of carbonyl (C=O) groups is 1. The van der Waals surface area contributed by atoms with E-state index in [1.165, 1.54) is 12.1 Å². The van der Waals surface area contributed by atoms with Crippen molar-refractivity contribution in [3.05, 3.63) is 30.1 Å². The number of amides is 1. The monoisotopic (exact) mass is 358 g/mol. The van der Waals surface area contributed by atoms with Gasteiger partial charge >= 0.3 is 0 Å². The third-order valence-corrected chi connectivity index (χ3v) is 6.26. The molecule has 0 aromatic heterocycles. The molecule has 1 aliphatic rings. The quantitative estimate of drug-likeness (QED) is 0.788. The van der Waals surface area contributed by atoms with Crippen LogP contribution in [0.3, 0.4) is 0 Å². The number of halogens is 1. The fourth-order valence-corrected chi connectivity index (χ4v) is 4.15. The van der Waals surface area contributed by atoms with Crippen LogP contribution in [-0.2, 0) is 14.6 Å². The molecular weight excluding hydrogens is 335 g/mol. The largest absolute Gasteiger partial charge is 0.486 e. The molecule has 2 rings (SSSR count). The minimum absolute atomic E-state index is 0.0951. The lowest BCUT2D eigenvalue weighted by atomic mass is 9.96. The Morgan fingerprint density at radius 1 is 1.38 bits per heavy atom. The van der Waals surface area contributed by atoms with Crippen molar-refractivity contribution in [3.8, 4) is 5.75 Å². The molecule has 0 aliphatic carbocycles. The van der Waals surface area contributed by atoms with Gasteiger partial charge in [-0.05, 0) is 45.0 Å². The van der Waals surface area contributed by atoms with Crippen LogP contribution in [0.5, 0.6) is 5.75 Å². The van der Waals surface area contributed by atoms with Crippen LogP contribution in [0.15, 0.2) is 24.3 Å². The second kappa shape index (κ2) is 7.48. The van der Waals surface area contributed by atoms with Gasteiger partial charge in [0.15, 0.2) is 26.2 Å². The number of carbonyl (C=O) groups excluding carboxylic acids is 1. The van der Waals surface area contributed by atoms with Gasteiger partial charge in [0.1, 0.15) is 6.10 Å². The standard InChI is InChI=1S/C16H23FN2O4S/c1-12(23-14-6-4-3-5-13(14)17)11-19-15(20)16(24(2,21)22)7-9-18-10-8-16/h3-6,12,18H,7-11H2,1-2H3,(H,19,20). The van der Waals surface area contributed by atoms with Gasteiger partial charge in [-0.1, -0.05) is 12.1 Å². The van der Waals surface area contributed by atoms with Gasteiger partial charge in [0.05, 0.1) is 6.54 Å². The zero-order valence-electron chi connectivity index (χ0n) is 13.8. The van der Waals surface area contributed by atoms with Crippen molar-refractivity contribution < 1.29 is 22.3 Å². The van der Waals surface area contributed by atoms with Crippen molar-refractivity contribution in [3.63, 3.8) is 0 Å². The number of ether oxygens (including phenoxy) is 1. The first-order chi connectivity index (χ1) is 11.3. The molecule has 0 radical (unpaired) electrons. The highest BCUT2D eigenvalue weighted by Crippen LogP contribution is 2.28. The molecule has 2 N–H and O–H groups in total. The third kappa shape index (κ3) is 4.05. The van der Waals surface area contributed by atoms with Crippen LogP contribution >= 0.6 is 0 Å². The summed E-state index contributed by atoms with van der Waals surface area (Å²) in [6, 6.07) is 5.99. The molecule has 1 heterocycles. The van der Waals surface area contributed by atoms with E-state index in [4.69, 9.17) is 4.74 Å². The molecular formula is C16H23FN2O4S. The average Bonchev–Trinajstić information content (AvgIpc) is 2.54. The molecule has 1 saturated heterocycles. The molecule has 0 spiro atoms. The van der Waals surface area contributed by atoms with Gasteiger partial charge in [0.25, 0.3) is 0 Å². The molecule has 0 bridgehead atoms. The molecule has 134 valence electrons. The minimum atomic E-state index is -3.55. The van der Waals surface area contributed by atoms with Crippen LogP contribution < -0.4 is 15.4 Å². The Hall–Kier alpha value is -1.67. The van der Waals surface area contributed by atoms with Gasteiger partial charge in [-0.3, -0.25) is 4.79 Å². The Bertz CT molecular complexity index is 687. The first kappa shape index (κ1) is 18.7. The topological polar surface area (TPSA) is 84.5 Å². The normalized spacial score (nSPS) is 18.6. The van der Waals surface area contributed by atoms with Crippen LogP contribution in [0.2, 0.25) is 0 Å². The lowest BCUT2D eigenvalue weighted by Crippen LogP contribution is -2.58. The second-order valence-corrected chi connectivity index (χ2v) is 8.41. The molecule has 1 amide bonds. The van der Waals surface area contributed by atoms with Gasteiger partial charge in [-0.15, -0.1) is 0 Å².